The van der Waals surface area contributed by atoms with Gasteiger partial charge in [0, 0.05) is 64.1 Å². The number of phenols is 10. The molecule has 0 aliphatic carbocycles. The van der Waals surface area contributed by atoms with E-state index in [0.717, 1.165) is 36.4 Å². The van der Waals surface area contributed by atoms with E-state index in [0.29, 0.717) is 0 Å². The average Bonchev–Trinajstić information content (AvgIpc) is 3.21. The van der Waals surface area contributed by atoms with Crippen LogP contribution in [0.3, 0.4) is 0 Å². The van der Waals surface area contributed by atoms with Crippen LogP contribution in [0.15, 0.2) is 84.9 Å². The van der Waals surface area contributed by atoms with Gasteiger partial charge in [0.25, 0.3) is 0 Å². The molecular weight excluding hydrogens is 812 g/mol. The van der Waals surface area contributed by atoms with E-state index in [1.165, 1.54) is 48.5 Å². The molecule has 0 amide bonds. The Kier molecular flexibility index (Phi) is 8.37. The Balaban J connectivity index is 1.25. The number of benzene rings is 6. The fourth-order valence-electron chi connectivity index (χ4n) is 9.28. The number of aliphatic hydroxyl groups excluding tert-OH is 3. The van der Waals surface area contributed by atoms with Gasteiger partial charge in [0.05, 0.1) is 17.9 Å². The number of fused-ring (bicyclic) bond motifs is 9. The second kappa shape index (κ2) is 13.5. The van der Waals surface area contributed by atoms with Gasteiger partial charge in [-0.25, -0.2) is 0 Å². The third kappa shape index (κ3) is 5.52. The number of ether oxygens (including phenoxy) is 4. The van der Waals surface area contributed by atoms with Gasteiger partial charge in [0.2, 0.25) is 0 Å². The number of aromatic hydroxyl groups is 10. The number of hydrogen-bond acceptors (Lipinski definition) is 17. The van der Waals surface area contributed by atoms with Crippen LogP contribution >= 0.6 is 0 Å². The van der Waals surface area contributed by atoms with Crippen molar-refractivity contribution in [3.63, 3.8) is 0 Å². The Bertz CT molecular complexity index is 2840. The van der Waals surface area contributed by atoms with E-state index in [1.54, 1.807) is 0 Å². The average molecular weight is 849 g/mol. The molecule has 0 fully saturated rings. The SMILES string of the molecule is Oc1ccc([C@]23Oc4cc(O)cc(O)c4[C@H](c4c(cc(O)c5c4O[C@H](c4ccc(O)c(O)c4)[C@H](O)[C@H]5c4c(O)cc(O)c5c4O[C@H](c4ccc(O)c(O)c4)[C@H](O)C5)O2)[C@H]3O)cc1. The number of rotatable bonds is 4. The number of phenolic OH excluding ortho intramolecular Hbond substituents is 10. The highest BCUT2D eigenvalue weighted by Crippen LogP contribution is 2.65. The zero-order valence-electron chi connectivity index (χ0n) is 31.8. The Labute approximate surface area is 349 Å². The Morgan fingerprint density at radius 2 is 1.02 bits per heavy atom. The van der Waals surface area contributed by atoms with E-state index in [9.17, 15) is 66.4 Å². The van der Waals surface area contributed by atoms with Crippen LogP contribution in [-0.2, 0) is 12.2 Å². The summed E-state index contributed by atoms with van der Waals surface area (Å²) in [4.78, 5) is 0. The quantitative estimate of drug-likeness (QED) is 0.108. The van der Waals surface area contributed by atoms with Crippen molar-refractivity contribution in [2.45, 2.75) is 54.6 Å². The van der Waals surface area contributed by atoms with Crippen molar-refractivity contribution in [1.82, 2.24) is 0 Å². The molecule has 0 radical (unpaired) electrons. The first-order chi connectivity index (χ1) is 29.6. The van der Waals surface area contributed by atoms with Gasteiger partial charge in [0.15, 0.2) is 29.1 Å². The molecule has 4 aliphatic rings. The van der Waals surface area contributed by atoms with Crippen LogP contribution in [0, 0.1) is 0 Å². The normalized spacial score (nSPS) is 25.4. The van der Waals surface area contributed by atoms with Gasteiger partial charge >= 0.3 is 5.79 Å². The molecule has 17 heteroatoms. The second-order valence-electron chi connectivity index (χ2n) is 15.7. The van der Waals surface area contributed by atoms with Gasteiger partial charge in [-0.1, -0.05) is 12.1 Å². The third-order valence-electron chi connectivity index (χ3n) is 12.1. The maximum absolute atomic E-state index is 12.5. The first kappa shape index (κ1) is 38.6. The molecule has 17 nitrogen and oxygen atoms in total. The molecule has 0 saturated heterocycles. The summed E-state index contributed by atoms with van der Waals surface area (Å²) in [5.41, 5.74) is -0.0983. The molecule has 0 unspecified atom stereocenters. The molecule has 13 N–H and O–H groups in total. The summed E-state index contributed by atoms with van der Waals surface area (Å²) in [6.07, 6.45) is -8.06. The summed E-state index contributed by atoms with van der Waals surface area (Å²) in [5, 5.41) is 145. The highest BCUT2D eigenvalue weighted by Gasteiger charge is 2.61. The zero-order valence-corrected chi connectivity index (χ0v) is 31.8. The van der Waals surface area contributed by atoms with Crippen molar-refractivity contribution in [3.05, 3.63) is 129 Å². The van der Waals surface area contributed by atoms with Gasteiger partial charge in [-0.2, -0.15) is 0 Å². The van der Waals surface area contributed by atoms with Crippen molar-refractivity contribution >= 4 is 0 Å². The lowest BCUT2D eigenvalue weighted by molar-refractivity contribution is -0.219. The monoisotopic (exact) mass is 848 g/mol. The van der Waals surface area contributed by atoms with Crippen LogP contribution in [0.5, 0.6) is 80.5 Å². The van der Waals surface area contributed by atoms with Crippen LogP contribution in [0.4, 0.5) is 0 Å². The Hall–Kier alpha value is -7.60. The minimum Gasteiger partial charge on any atom is -0.508 e. The molecule has 10 rings (SSSR count). The van der Waals surface area contributed by atoms with Crippen molar-refractivity contribution in [2.75, 3.05) is 0 Å². The van der Waals surface area contributed by atoms with Crippen LogP contribution in [0.1, 0.15) is 68.6 Å². The van der Waals surface area contributed by atoms with E-state index < -0.39 is 99.9 Å². The van der Waals surface area contributed by atoms with Gasteiger partial charge in [-0.15, -0.1) is 0 Å². The first-order valence-corrected chi connectivity index (χ1v) is 19.2. The minimum atomic E-state index is -2.14. The summed E-state index contributed by atoms with van der Waals surface area (Å²) < 4.78 is 25.8. The van der Waals surface area contributed by atoms with Gasteiger partial charge < -0.3 is 85.3 Å². The highest BCUT2D eigenvalue weighted by molar-refractivity contribution is 5.72. The third-order valence-corrected chi connectivity index (χ3v) is 12.1. The van der Waals surface area contributed by atoms with Crippen LogP contribution in [0.2, 0.25) is 0 Å². The molecule has 62 heavy (non-hydrogen) atoms. The molecule has 6 aromatic rings. The molecule has 2 bridgehead atoms. The first-order valence-electron chi connectivity index (χ1n) is 19.2. The fraction of sp³-hybridized carbons (Fsp3) is 0.200. The Morgan fingerprint density at radius 1 is 0.452 bits per heavy atom. The fourth-order valence-corrected chi connectivity index (χ4v) is 9.28. The predicted molar refractivity (Wildman–Crippen MR) is 210 cm³/mol. The van der Waals surface area contributed by atoms with Crippen molar-refractivity contribution in [2.24, 2.45) is 0 Å². The lowest BCUT2D eigenvalue weighted by Gasteiger charge is -2.51. The lowest BCUT2D eigenvalue weighted by atomic mass is 9.71. The largest absolute Gasteiger partial charge is 0.508 e. The molecule has 0 saturated carbocycles. The topological polar surface area (TPSA) is 300 Å². The van der Waals surface area contributed by atoms with E-state index >= 15 is 0 Å². The molecule has 0 aromatic heterocycles. The van der Waals surface area contributed by atoms with Crippen molar-refractivity contribution in [3.8, 4) is 80.5 Å². The molecule has 6 aromatic carbocycles. The van der Waals surface area contributed by atoms with Crippen LogP contribution in [0.25, 0.3) is 0 Å². The second-order valence-corrected chi connectivity index (χ2v) is 15.7. The van der Waals surface area contributed by atoms with Crippen molar-refractivity contribution in [1.29, 1.82) is 0 Å². The molecule has 4 heterocycles. The minimum absolute atomic E-state index is 0.0124. The van der Waals surface area contributed by atoms with E-state index in [2.05, 4.69) is 0 Å². The summed E-state index contributed by atoms with van der Waals surface area (Å²) >= 11 is 0. The molecule has 8 atom stereocenters. The maximum Gasteiger partial charge on any atom is 0.305 e. The summed E-state index contributed by atoms with van der Waals surface area (Å²) in [5.74, 6) is -10.8. The predicted octanol–water partition coefficient (Wildman–Crippen LogP) is 4.54. The van der Waals surface area contributed by atoms with Gasteiger partial charge in [0.1, 0.15) is 75.8 Å². The van der Waals surface area contributed by atoms with Gasteiger partial charge in [-0.3, -0.25) is 0 Å². The maximum atomic E-state index is 12.5. The van der Waals surface area contributed by atoms with Crippen LogP contribution in [-0.4, -0.2) is 84.7 Å². The molecular formula is C45H36O17. The standard InChI is InChI=1S/C45H36O17/c46-19-5-3-18(4-6-19)45-44(58)38(33-27(53)11-20(47)12-31(33)61-45)36-32(62-45)15-29(55)35-37(39(57)41(60-43(35)36)17-2-8-23(49)26(52)10-17)34-28(54)14-24(50)21-13-30(56)40(59-42(21)34)16-1-7-22(48)25(51)9-16/h1-12,14-15,30,37-41,44,46-58H,13H2/t30-,37+,38-,39-,40-,41-,44-,45+/m1/s1. The van der Waals surface area contributed by atoms with E-state index in [-0.39, 0.29) is 79.7 Å². The van der Waals surface area contributed by atoms with Gasteiger partial charge in [-0.05, 0) is 59.7 Å². The smallest absolute Gasteiger partial charge is 0.305 e. The van der Waals surface area contributed by atoms with Crippen LogP contribution < -0.4 is 18.9 Å². The summed E-state index contributed by atoms with van der Waals surface area (Å²) in [6, 6.07) is 17.1. The zero-order chi connectivity index (χ0) is 43.7. The van der Waals surface area contributed by atoms with Crippen molar-refractivity contribution < 1.29 is 85.3 Å². The molecule has 318 valence electrons. The summed E-state index contributed by atoms with van der Waals surface area (Å²) in [6.45, 7) is 0. The van der Waals surface area contributed by atoms with E-state index in [1.807, 2.05) is 0 Å². The Morgan fingerprint density at radius 3 is 1.66 bits per heavy atom. The number of hydrogen-bond donors (Lipinski definition) is 13. The number of aliphatic hydroxyl groups is 3. The molecule has 0 spiro atoms. The van der Waals surface area contributed by atoms with E-state index in [4.69, 9.17) is 18.9 Å². The lowest BCUT2D eigenvalue weighted by Crippen LogP contribution is -2.57. The summed E-state index contributed by atoms with van der Waals surface area (Å²) in [7, 11) is 0. The molecule has 4 aliphatic heterocycles. The highest BCUT2D eigenvalue weighted by atomic mass is 16.7.